The summed E-state index contributed by atoms with van der Waals surface area (Å²) < 4.78 is 18.1. The maximum absolute atomic E-state index is 10.3. The highest BCUT2D eigenvalue weighted by atomic mass is 16.8. The van der Waals surface area contributed by atoms with Gasteiger partial charge in [0.25, 0.3) is 0 Å². The first-order chi connectivity index (χ1) is 19.3. The van der Waals surface area contributed by atoms with E-state index in [0.29, 0.717) is 26.1 Å². The minimum absolute atomic E-state index is 0.380. The van der Waals surface area contributed by atoms with Crippen LogP contribution in [0.1, 0.15) is 155 Å². The Kier molecular flexibility index (Phi) is 31.8. The lowest BCUT2D eigenvalue weighted by molar-refractivity contribution is -0.207. The van der Waals surface area contributed by atoms with Crippen LogP contribution in [0.25, 0.3) is 0 Å². The zero-order valence-corrected chi connectivity index (χ0v) is 25.6. The molecule has 0 saturated heterocycles. The van der Waals surface area contributed by atoms with Gasteiger partial charge in [-0.15, -0.1) is 0 Å². The van der Waals surface area contributed by atoms with Gasteiger partial charge >= 0.3 is 0 Å². The van der Waals surface area contributed by atoms with E-state index in [-0.39, 0.29) is 12.6 Å². The summed E-state index contributed by atoms with van der Waals surface area (Å²) in [6.07, 6.45) is 34.8. The van der Waals surface area contributed by atoms with Gasteiger partial charge in [0.1, 0.15) is 12.6 Å². The maximum atomic E-state index is 10.3. The van der Waals surface area contributed by atoms with Crippen LogP contribution in [-0.2, 0) is 23.8 Å². The van der Waals surface area contributed by atoms with Gasteiger partial charge < -0.3 is 23.8 Å². The Morgan fingerprint density at radius 1 is 0.462 bits per heavy atom. The highest BCUT2D eigenvalue weighted by molar-refractivity contribution is 5.49. The van der Waals surface area contributed by atoms with E-state index in [1.165, 1.54) is 89.9 Å². The average Bonchev–Trinajstić information content (AvgIpc) is 2.95. The van der Waals surface area contributed by atoms with Gasteiger partial charge in [-0.3, -0.25) is 0 Å². The molecule has 228 valence electrons. The summed E-state index contributed by atoms with van der Waals surface area (Å²) in [4.78, 5) is 20.7. The fourth-order valence-corrected chi connectivity index (χ4v) is 4.40. The molecule has 0 bridgehead atoms. The molecule has 5 heteroatoms. The third kappa shape index (κ3) is 29.5. The summed E-state index contributed by atoms with van der Waals surface area (Å²) in [7, 11) is 0. The third-order valence-electron chi connectivity index (χ3n) is 6.71. The standard InChI is InChI=1S/C34H62O5/c1-3-31-37-33(27-23-19-15-11-7-5-9-13-17-21-25-29-35)39-34(38-32-4-2)28-24-20-16-12-8-6-10-14-18-22-26-30-36/h23-24,27-30,33-34H,3-22,25-26,31-32H2,1-2H3. The van der Waals surface area contributed by atoms with E-state index in [0.717, 1.165) is 51.1 Å². The predicted molar refractivity (Wildman–Crippen MR) is 164 cm³/mol. The average molecular weight is 551 g/mol. The highest BCUT2D eigenvalue weighted by Crippen LogP contribution is 2.14. The summed E-state index contributed by atoms with van der Waals surface area (Å²) in [5.74, 6) is 0. The molecule has 0 aromatic rings. The summed E-state index contributed by atoms with van der Waals surface area (Å²) >= 11 is 0. The van der Waals surface area contributed by atoms with Crippen molar-refractivity contribution in [2.75, 3.05) is 13.2 Å². The van der Waals surface area contributed by atoms with Gasteiger partial charge in [0.15, 0.2) is 12.6 Å². The van der Waals surface area contributed by atoms with Crippen molar-refractivity contribution >= 4 is 12.6 Å². The number of rotatable bonds is 32. The lowest BCUT2D eigenvalue weighted by Gasteiger charge is -2.21. The molecule has 0 aliphatic carbocycles. The van der Waals surface area contributed by atoms with E-state index in [9.17, 15) is 9.59 Å². The third-order valence-corrected chi connectivity index (χ3v) is 6.71. The Bertz CT molecular complexity index is 512. The van der Waals surface area contributed by atoms with E-state index < -0.39 is 0 Å². The fourth-order valence-electron chi connectivity index (χ4n) is 4.40. The molecule has 39 heavy (non-hydrogen) atoms. The molecule has 0 aliphatic heterocycles. The largest absolute Gasteiger partial charge is 0.349 e. The normalized spacial score (nSPS) is 13.4. The number of hydrogen-bond donors (Lipinski definition) is 0. The Hall–Kier alpha value is -1.30. The van der Waals surface area contributed by atoms with Crippen molar-refractivity contribution in [1.29, 1.82) is 0 Å². The predicted octanol–water partition coefficient (Wildman–Crippen LogP) is 9.82. The number of hydrogen-bond acceptors (Lipinski definition) is 5. The zero-order valence-electron chi connectivity index (χ0n) is 25.6. The zero-order chi connectivity index (χ0) is 28.5. The summed E-state index contributed by atoms with van der Waals surface area (Å²) in [5, 5.41) is 0. The van der Waals surface area contributed by atoms with E-state index in [2.05, 4.69) is 38.2 Å². The van der Waals surface area contributed by atoms with Gasteiger partial charge in [-0.05, 0) is 63.5 Å². The number of aldehydes is 2. The molecule has 5 nitrogen and oxygen atoms in total. The molecule has 0 N–H and O–H groups in total. The summed E-state index contributed by atoms with van der Waals surface area (Å²) in [5.41, 5.74) is 0. The second kappa shape index (κ2) is 32.9. The van der Waals surface area contributed by atoms with Gasteiger partial charge in [-0.25, -0.2) is 0 Å². The summed E-state index contributed by atoms with van der Waals surface area (Å²) in [6.45, 7) is 5.57. The molecule has 0 radical (unpaired) electrons. The topological polar surface area (TPSA) is 61.8 Å². The molecule has 2 unspecified atom stereocenters. The lowest BCUT2D eigenvalue weighted by Crippen LogP contribution is -2.25. The van der Waals surface area contributed by atoms with E-state index >= 15 is 0 Å². The monoisotopic (exact) mass is 550 g/mol. The molecule has 0 spiro atoms. The van der Waals surface area contributed by atoms with Crippen LogP contribution < -0.4 is 0 Å². The molecule has 0 amide bonds. The van der Waals surface area contributed by atoms with Crippen LogP contribution in [0.5, 0.6) is 0 Å². The van der Waals surface area contributed by atoms with Crippen LogP contribution in [0.4, 0.5) is 0 Å². The van der Waals surface area contributed by atoms with E-state index in [1.807, 2.05) is 0 Å². The molecular weight excluding hydrogens is 488 g/mol. The van der Waals surface area contributed by atoms with Crippen molar-refractivity contribution in [2.24, 2.45) is 0 Å². The van der Waals surface area contributed by atoms with Crippen LogP contribution in [0.2, 0.25) is 0 Å². The second-order valence-electron chi connectivity index (χ2n) is 10.6. The number of unbranched alkanes of at least 4 members (excludes halogenated alkanes) is 18. The van der Waals surface area contributed by atoms with Crippen LogP contribution in [-0.4, -0.2) is 38.4 Å². The molecule has 0 heterocycles. The van der Waals surface area contributed by atoms with Crippen LogP contribution in [0, 0.1) is 0 Å². The van der Waals surface area contributed by atoms with Gasteiger partial charge in [0.2, 0.25) is 0 Å². The Labute approximate surface area is 241 Å². The minimum Gasteiger partial charge on any atom is -0.349 e. The van der Waals surface area contributed by atoms with Crippen LogP contribution >= 0.6 is 0 Å². The number of carbonyl (C=O) groups excluding carboxylic acids is 2. The first kappa shape index (κ1) is 37.7. The van der Waals surface area contributed by atoms with Crippen molar-refractivity contribution in [1.82, 2.24) is 0 Å². The number of ether oxygens (including phenoxy) is 3. The van der Waals surface area contributed by atoms with Crippen molar-refractivity contribution in [2.45, 2.75) is 168 Å². The van der Waals surface area contributed by atoms with Gasteiger partial charge in [0.05, 0.1) is 0 Å². The lowest BCUT2D eigenvalue weighted by atomic mass is 10.1. The molecule has 0 saturated carbocycles. The van der Waals surface area contributed by atoms with E-state index in [4.69, 9.17) is 14.2 Å². The van der Waals surface area contributed by atoms with Crippen molar-refractivity contribution in [3.05, 3.63) is 24.3 Å². The smallest absolute Gasteiger partial charge is 0.180 e. The minimum atomic E-state index is -0.380. The van der Waals surface area contributed by atoms with Crippen LogP contribution in [0.15, 0.2) is 24.3 Å². The highest BCUT2D eigenvalue weighted by Gasteiger charge is 2.13. The maximum Gasteiger partial charge on any atom is 0.180 e. The molecule has 0 aliphatic rings. The Balaban J connectivity index is 4.21. The molecular formula is C34H62O5. The van der Waals surface area contributed by atoms with Crippen LogP contribution in [0.3, 0.4) is 0 Å². The fraction of sp³-hybridized carbons (Fsp3) is 0.824. The number of carbonyl (C=O) groups is 2. The molecule has 2 atom stereocenters. The van der Waals surface area contributed by atoms with Gasteiger partial charge in [0, 0.05) is 26.1 Å². The Morgan fingerprint density at radius 2 is 0.769 bits per heavy atom. The first-order valence-electron chi connectivity index (χ1n) is 16.4. The van der Waals surface area contributed by atoms with Crippen molar-refractivity contribution in [3.63, 3.8) is 0 Å². The molecule has 0 aromatic carbocycles. The molecule has 0 aromatic heterocycles. The first-order valence-corrected chi connectivity index (χ1v) is 16.4. The molecule has 0 fully saturated rings. The van der Waals surface area contributed by atoms with Gasteiger partial charge in [-0.2, -0.15) is 0 Å². The van der Waals surface area contributed by atoms with Crippen molar-refractivity contribution < 1.29 is 23.8 Å². The molecule has 0 rings (SSSR count). The van der Waals surface area contributed by atoms with E-state index in [1.54, 1.807) is 0 Å². The van der Waals surface area contributed by atoms with Crippen molar-refractivity contribution in [3.8, 4) is 0 Å². The second-order valence-corrected chi connectivity index (χ2v) is 10.6. The SMILES string of the molecule is CCCOC(C=CCCCCCCCCCCC=O)OC(C=CCCCCCCCCCCC=O)OCCC. The number of allylic oxidation sites excluding steroid dienone is 2. The van der Waals surface area contributed by atoms with Gasteiger partial charge in [-0.1, -0.05) is 103 Å². The Morgan fingerprint density at radius 3 is 1.08 bits per heavy atom. The quantitative estimate of drug-likeness (QED) is 0.0361. The summed E-state index contributed by atoms with van der Waals surface area (Å²) in [6, 6.07) is 0.